The molecule has 6 heteroatoms. The van der Waals surface area contributed by atoms with Gasteiger partial charge in [-0.05, 0) is 43.7 Å². The Labute approximate surface area is 146 Å². The molecule has 2 N–H and O–H groups in total. The van der Waals surface area contributed by atoms with E-state index in [4.69, 9.17) is 4.74 Å². The van der Waals surface area contributed by atoms with Crippen LogP contribution in [0, 0.1) is 0 Å². The molecular weight excluding hydrogens is 320 g/mol. The molecular formula is C19H20N2O4. The summed E-state index contributed by atoms with van der Waals surface area (Å²) in [5.74, 6) is 0.231. The summed E-state index contributed by atoms with van der Waals surface area (Å²) in [6, 6.07) is 15.9. The molecule has 3 rings (SSSR count). The fourth-order valence-electron chi connectivity index (χ4n) is 2.94. The van der Waals surface area contributed by atoms with Gasteiger partial charge in [-0.15, -0.1) is 0 Å². The van der Waals surface area contributed by atoms with Crippen molar-refractivity contribution >= 4 is 17.6 Å². The van der Waals surface area contributed by atoms with Gasteiger partial charge in [-0.1, -0.05) is 24.3 Å². The zero-order valence-corrected chi connectivity index (χ0v) is 13.7. The van der Waals surface area contributed by atoms with E-state index in [-0.39, 0.29) is 12.5 Å². The SMILES string of the molecule is O=C(CN1CCC[C@H]1C(=O)O)Nc1cccc(Oc2ccccc2)c1. The maximum absolute atomic E-state index is 12.2. The number of amides is 1. The monoisotopic (exact) mass is 340 g/mol. The second-order valence-corrected chi connectivity index (χ2v) is 5.96. The number of ether oxygens (including phenoxy) is 1. The zero-order chi connectivity index (χ0) is 17.6. The Hall–Kier alpha value is -2.86. The van der Waals surface area contributed by atoms with Gasteiger partial charge in [-0.25, -0.2) is 0 Å². The van der Waals surface area contributed by atoms with Gasteiger partial charge >= 0.3 is 5.97 Å². The Bertz CT molecular complexity index is 748. The lowest BCUT2D eigenvalue weighted by molar-refractivity contribution is -0.142. The number of anilines is 1. The minimum atomic E-state index is -0.872. The van der Waals surface area contributed by atoms with Gasteiger partial charge in [-0.3, -0.25) is 14.5 Å². The number of carbonyl (C=O) groups is 2. The number of nitrogens with one attached hydrogen (secondary N) is 1. The lowest BCUT2D eigenvalue weighted by Gasteiger charge is -2.20. The van der Waals surface area contributed by atoms with Gasteiger partial charge in [0.05, 0.1) is 6.54 Å². The quantitative estimate of drug-likeness (QED) is 0.845. The van der Waals surface area contributed by atoms with Crippen LogP contribution in [0.5, 0.6) is 11.5 Å². The highest BCUT2D eigenvalue weighted by Crippen LogP contribution is 2.24. The second-order valence-electron chi connectivity index (χ2n) is 5.96. The van der Waals surface area contributed by atoms with Crippen LogP contribution in [0.15, 0.2) is 54.6 Å². The van der Waals surface area contributed by atoms with Crippen molar-refractivity contribution in [2.75, 3.05) is 18.4 Å². The predicted molar refractivity (Wildman–Crippen MR) is 93.8 cm³/mol. The second kappa shape index (κ2) is 7.81. The van der Waals surface area contributed by atoms with Crippen molar-refractivity contribution < 1.29 is 19.4 Å². The molecule has 1 heterocycles. The van der Waals surface area contributed by atoms with Gasteiger partial charge in [-0.2, -0.15) is 0 Å². The molecule has 0 aromatic heterocycles. The number of para-hydroxylation sites is 1. The molecule has 1 aliphatic heterocycles. The smallest absolute Gasteiger partial charge is 0.320 e. The van der Waals surface area contributed by atoms with Crippen LogP contribution < -0.4 is 10.1 Å². The molecule has 0 radical (unpaired) electrons. The minimum absolute atomic E-state index is 0.0702. The van der Waals surface area contributed by atoms with E-state index in [0.717, 1.165) is 6.42 Å². The van der Waals surface area contributed by atoms with Crippen LogP contribution in [-0.4, -0.2) is 41.0 Å². The average molecular weight is 340 g/mol. The minimum Gasteiger partial charge on any atom is -0.480 e. The molecule has 1 amide bonds. The van der Waals surface area contributed by atoms with Crippen molar-refractivity contribution in [3.8, 4) is 11.5 Å². The van der Waals surface area contributed by atoms with Gasteiger partial charge < -0.3 is 15.2 Å². The Morgan fingerprint density at radius 1 is 1.12 bits per heavy atom. The molecule has 0 saturated carbocycles. The number of aliphatic carboxylic acids is 1. The molecule has 1 atom stereocenters. The predicted octanol–water partition coefficient (Wildman–Crippen LogP) is 2.97. The fraction of sp³-hybridized carbons (Fsp3) is 0.263. The third-order valence-corrected chi connectivity index (χ3v) is 4.09. The van der Waals surface area contributed by atoms with Gasteiger partial charge in [0.15, 0.2) is 0 Å². The molecule has 1 saturated heterocycles. The third kappa shape index (κ3) is 4.58. The van der Waals surface area contributed by atoms with Crippen LogP contribution in [0.3, 0.4) is 0 Å². The highest BCUT2D eigenvalue weighted by Gasteiger charge is 2.31. The summed E-state index contributed by atoms with van der Waals surface area (Å²) in [5.41, 5.74) is 0.615. The van der Waals surface area contributed by atoms with Crippen molar-refractivity contribution in [2.45, 2.75) is 18.9 Å². The summed E-state index contributed by atoms with van der Waals surface area (Å²) in [6.45, 7) is 0.697. The number of likely N-dealkylation sites (tertiary alicyclic amines) is 1. The topological polar surface area (TPSA) is 78.9 Å². The fourth-order valence-corrected chi connectivity index (χ4v) is 2.94. The Balaban J connectivity index is 1.60. The van der Waals surface area contributed by atoms with E-state index < -0.39 is 12.0 Å². The summed E-state index contributed by atoms with van der Waals surface area (Å²) in [5, 5.41) is 12.0. The first-order valence-electron chi connectivity index (χ1n) is 8.21. The first kappa shape index (κ1) is 17.0. The average Bonchev–Trinajstić information content (AvgIpc) is 3.04. The van der Waals surface area contributed by atoms with Gasteiger partial charge in [0.2, 0.25) is 5.91 Å². The van der Waals surface area contributed by atoms with Crippen molar-refractivity contribution in [3.05, 3.63) is 54.6 Å². The van der Waals surface area contributed by atoms with E-state index in [1.54, 1.807) is 23.1 Å². The number of rotatable bonds is 6. The van der Waals surface area contributed by atoms with Crippen molar-refractivity contribution in [3.63, 3.8) is 0 Å². The lowest BCUT2D eigenvalue weighted by atomic mass is 10.2. The number of hydrogen-bond acceptors (Lipinski definition) is 4. The van der Waals surface area contributed by atoms with E-state index in [0.29, 0.717) is 30.2 Å². The molecule has 1 fully saturated rings. The number of benzene rings is 2. The van der Waals surface area contributed by atoms with E-state index in [9.17, 15) is 14.7 Å². The maximum atomic E-state index is 12.2. The molecule has 2 aromatic rings. The first-order chi connectivity index (χ1) is 12.1. The van der Waals surface area contributed by atoms with E-state index in [1.165, 1.54) is 0 Å². The summed E-state index contributed by atoms with van der Waals surface area (Å²) in [7, 11) is 0. The normalized spacial score (nSPS) is 17.2. The molecule has 25 heavy (non-hydrogen) atoms. The van der Waals surface area contributed by atoms with Crippen molar-refractivity contribution in [1.82, 2.24) is 4.90 Å². The largest absolute Gasteiger partial charge is 0.480 e. The summed E-state index contributed by atoms with van der Waals surface area (Å²) < 4.78 is 5.74. The van der Waals surface area contributed by atoms with Crippen LogP contribution in [0.4, 0.5) is 5.69 Å². The molecule has 0 bridgehead atoms. The van der Waals surface area contributed by atoms with Crippen LogP contribution >= 0.6 is 0 Å². The number of nitrogens with zero attached hydrogens (tertiary/aromatic N) is 1. The van der Waals surface area contributed by atoms with E-state index in [1.807, 2.05) is 36.4 Å². The van der Waals surface area contributed by atoms with Crippen LogP contribution in [0.25, 0.3) is 0 Å². The molecule has 1 aliphatic rings. The van der Waals surface area contributed by atoms with Crippen molar-refractivity contribution in [2.24, 2.45) is 0 Å². The van der Waals surface area contributed by atoms with Crippen LogP contribution in [-0.2, 0) is 9.59 Å². The van der Waals surface area contributed by atoms with Gasteiger partial charge in [0, 0.05) is 11.8 Å². The zero-order valence-electron chi connectivity index (χ0n) is 13.7. The Kier molecular flexibility index (Phi) is 5.30. The summed E-state index contributed by atoms with van der Waals surface area (Å²) in [4.78, 5) is 25.1. The molecule has 0 aliphatic carbocycles. The van der Waals surface area contributed by atoms with Crippen molar-refractivity contribution in [1.29, 1.82) is 0 Å². The van der Waals surface area contributed by atoms with Gasteiger partial charge in [0.25, 0.3) is 0 Å². The molecule has 0 unspecified atom stereocenters. The standard InChI is InChI=1S/C19H20N2O4/c22-18(13-21-11-5-10-17(21)19(23)24)20-14-6-4-9-16(12-14)25-15-7-2-1-3-8-15/h1-4,6-9,12,17H,5,10-11,13H2,(H,20,22)(H,23,24)/t17-/m0/s1. The van der Waals surface area contributed by atoms with Crippen LogP contribution in [0.2, 0.25) is 0 Å². The van der Waals surface area contributed by atoms with E-state index in [2.05, 4.69) is 5.32 Å². The van der Waals surface area contributed by atoms with Crippen LogP contribution in [0.1, 0.15) is 12.8 Å². The highest BCUT2D eigenvalue weighted by atomic mass is 16.5. The molecule has 130 valence electrons. The first-order valence-corrected chi connectivity index (χ1v) is 8.21. The van der Waals surface area contributed by atoms with E-state index >= 15 is 0 Å². The number of carboxylic acid groups (broad SMARTS) is 1. The molecule has 0 spiro atoms. The highest BCUT2D eigenvalue weighted by molar-refractivity contribution is 5.92. The summed E-state index contributed by atoms with van der Waals surface area (Å²) >= 11 is 0. The maximum Gasteiger partial charge on any atom is 0.320 e. The van der Waals surface area contributed by atoms with Gasteiger partial charge in [0.1, 0.15) is 17.5 Å². The molecule has 2 aromatic carbocycles. The number of carbonyl (C=O) groups excluding carboxylic acids is 1. The number of hydrogen-bond donors (Lipinski definition) is 2. The molecule has 6 nitrogen and oxygen atoms in total. The Morgan fingerprint density at radius 2 is 1.88 bits per heavy atom. The summed E-state index contributed by atoms with van der Waals surface area (Å²) in [6.07, 6.45) is 1.38. The number of carboxylic acids is 1. The lowest BCUT2D eigenvalue weighted by Crippen LogP contribution is -2.40. The third-order valence-electron chi connectivity index (χ3n) is 4.09. The Morgan fingerprint density at radius 3 is 2.64 bits per heavy atom.